The summed E-state index contributed by atoms with van der Waals surface area (Å²) in [6, 6.07) is 4.30. The molecule has 2 rings (SSSR count). The van der Waals surface area contributed by atoms with Crippen LogP contribution in [0.1, 0.15) is 16.7 Å². The minimum Gasteiger partial charge on any atom is -0.488 e. The van der Waals surface area contributed by atoms with Crippen molar-refractivity contribution in [3.63, 3.8) is 0 Å². The lowest BCUT2D eigenvalue weighted by Gasteiger charge is -2.09. The van der Waals surface area contributed by atoms with E-state index in [1.807, 2.05) is 0 Å². The van der Waals surface area contributed by atoms with Crippen molar-refractivity contribution in [1.29, 1.82) is 0 Å². The maximum Gasteiger partial charge on any atom is 0.126 e. The van der Waals surface area contributed by atoms with Gasteiger partial charge < -0.3 is 10.5 Å². The standard InChI is InChI=1S/C11H15NO/c1-7-3-4-9-5-10(6-12)13-11(9)8(7)2/h3-4,10H,5-6,12H2,1-2H3/t10-/m1/s1. The summed E-state index contributed by atoms with van der Waals surface area (Å²) < 4.78 is 5.74. The Morgan fingerprint density at radius 1 is 1.46 bits per heavy atom. The molecular formula is C11H15NO. The van der Waals surface area contributed by atoms with E-state index in [4.69, 9.17) is 10.5 Å². The third kappa shape index (κ3) is 1.31. The van der Waals surface area contributed by atoms with Gasteiger partial charge in [0, 0.05) is 13.0 Å². The third-order valence-electron chi connectivity index (χ3n) is 2.75. The van der Waals surface area contributed by atoms with Crippen LogP contribution in [0.3, 0.4) is 0 Å². The Morgan fingerprint density at radius 2 is 2.23 bits per heavy atom. The number of aryl methyl sites for hydroxylation is 1. The number of hydrogen-bond donors (Lipinski definition) is 1. The molecule has 1 aliphatic heterocycles. The second-order valence-corrected chi connectivity index (χ2v) is 3.68. The van der Waals surface area contributed by atoms with Crippen LogP contribution < -0.4 is 10.5 Å². The van der Waals surface area contributed by atoms with Gasteiger partial charge in [0.05, 0.1) is 0 Å². The Hall–Kier alpha value is -1.02. The van der Waals surface area contributed by atoms with Gasteiger partial charge >= 0.3 is 0 Å². The van der Waals surface area contributed by atoms with Gasteiger partial charge in [0.2, 0.25) is 0 Å². The number of fused-ring (bicyclic) bond motifs is 1. The molecule has 13 heavy (non-hydrogen) atoms. The highest BCUT2D eigenvalue weighted by atomic mass is 16.5. The predicted molar refractivity (Wildman–Crippen MR) is 53.1 cm³/mol. The highest BCUT2D eigenvalue weighted by Crippen LogP contribution is 2.33. The summed E-state index contributed by atoms with van der Waals surface area (Å²) in [7, 11) is 0. The van der Waals surface area contributed by atoms with E-state index in [2.05, 4.69) is 26.0 Å². The summed E-state index contributed by atoms with van der Waals surface area (Å²) in [6.45, 7) is 4.81. The molecule has 2 N–H and O–H groups in total. The zero-order chi connectivity index (χ0) is 9.42. The monoisotopic (exact) mass is 177 g/mol. The minimum absolute atomic E-state index is 0.190. The van der Waals surface area contributed by atoms with Crippen LogP contribution in [0.15, 0.2) is 12.1 Å². The largest absolute Gasteiger partial charge is 0.488 e. The van der Waals surface area contributed by atoms with Crippen LogP contribution >= 0.6 is 0 Å². The molecule has 2 nitrogen and oxygen atoms in total. The molecule has 0 unspecified atom stereocenters. The summed E-state index contributed by atoms with van der Waals surface area (Å²) >= 11 is 0. The van der Waals surface area contributed by atoms with Crippen LogP contribution in [0.4, 0.5) is 0 Å². The van der Waals surface area contributed by atoms with Gasteiger partial charge in [0.15, 0.2) is 0 Å². The van der Waals surface area contributed by atoms with E-state index in [9.17, 15) is 0 Å². The van der Waals surface area contributed by atoms with Crippen LogP contribution in [-0.2, 0) is 6.42 Å². The lowest BCUT2D eigenvalue weighted by molar-refractivity contribution is 0.240. The molecule has 1 aromatic rings. The molecule has 1 atom stereocenters. The smallest absolute Gasteiger partial charge is 0.126 e. The van der Waals surface area contributed by atoms with Crippen LogP contribution in [0.2, 0.25) is 0 Å². The molecule has 0 aromatic heterocycles. The summed E-state index contributed by atoms with van der Waals surface area (Å²) in [5, 5.41) is 0. The lowest BCUT2D eigenvalue weighted by atomic mass is 10.0. The SMILES string of the molecule is Cc1ccc2c(c1C)O[C@@H](CN)C2. The van der Waals surface area contributed by atoms with Crippen LogP contribution in [-0.4, -0.2) is 12.6 Å². The van der Waals surface area contributed by atoms with Crippen molar-refractivity contribution in [1.82, 2.24) is 0 Å². The Morgan fingerprint density at radius 3 is 2.92 bits per heavy atom. The van der Waals surface area contributed by atoms with Crippen molar-refractivity contribution < 1.29 is 4.74 Å². The Bertz CT molecular complexity index is 333. The molecule has 2 heteroatoms. The van der Waals surface area contributed by atoms with Crippen molar-refractivity contribution in [2.75, 3.05) is 6.54 Å². The normalized spacial score (nSPS) is 19.8. The highest BCUT2D eigenvalue weighted by Gasteiger charge is 2.23. The van der Waals surface area contributed by atoms with Gasteiger partial charge in [-0.05, 0) is 30.5 Å². The second kappa shape index (κ2) is 3.04. The maximum absolute atomic E-state index is 5.74. The summed E-state index contributed by atoms with van der Waals surface area (Å²) in [5.41, 5.74) is 9.43. The molecule has 1 aromatic carbocycles. The molecule has 70 valence electrons. The molecule has 0 saturated carbocycles. The van der Waals surface area contributed by atoms with Crippen LogP contribution in [0, 0.1) is 13.8 Å². The average Bonchev–Trinajstić information content (AvgIpc) is 2.55. The molecule has 0 radical (unpaired) electrons. The van der Waals surface area contributed by atoms with Crippen LogP contribution in [0.25, 0.3) is 0 Å². The minimum atomic E-state index is 0.190. The first kappa shape index (κ1) is 8.57. The summed E-state index contributed by atoms with van der Waals surface area (Å²) in [6.07, 6.45) is 1.16. The van der Waals surface area contributed by atoms with Gasteiger partial charge in [-0.15, -0.1) is 0 Å². The van der Waals surface area contributed by atoms with Crippen molar-refractivity contribution in [2.24, 2.45) is 5.73 Å². The fourth-order valence-electron chi connectivity index (χ4n) is 1.76. The molecule has 1 heterocycles. The summed E-state index contributed by atoms with van der Waals surface area (Å²) in [4.78, 5) is 0. The quantitative estimate of drug-likeness (QED) is 0.706. The Kier molecular flexibility index (Phi) is 2.00. The zero-order valence-electron chi connectivity index (χ0n) is 8.13. The van der Waals surface area contributed by atoms with Gasteiger partial charge in [-0.3, -0.25) is 0 Å². The molecule has 0 aliphatic carbocycles. The van der Waals surface area contributed by atoms with Crippen LogP contribution in [0.5, 0.6) is 5.75 Å². The van der Waals surface area contributed by atoms with E-state index < -0.39 is 0 Å². The summed E-state index contributed by atoms with van der Waals surface area (Å²) in [5.74, 6) is 1.07. The number of nitrogens with two attached hydrogens (primary N) is 1. The fourth-order valence-corrected chi connectivity index (χ4v) is 1.76. The first-order valence-electron chi connectivity index (χ1n) is 4.68. The molecule has 0 amide bonds. The van der Waals surface area contributed by atoms with E-state index in [0.29, 0.717) is 6.54 Å². The highest BCUT2D eigenvalue weighted by molar-refractivity contribution is 5.47. The topological polar surface area (TPSA) is 35.2 Å². The van der Waals surface area contributed by atoms with Gasteiger partial charge in [0.1, 0.15) is 11.9 Å². The number of ether oxygens (including phenoxy) is 1. The van der Waals surface area contributed by atoms with E-state index in [-0.39, 0.29) is 6.10 Å². The van der Waals surface area contributed by atoms with Gasteiger partial charge in [0.25, 0.3) is 0 Å². The molecule has 0 spiro atoms. The van der Waals surface area contributed by atoms with E-state index >= 15 is 0 Å². The van der Waals surface area contributed by atoms with Gasteiger partial charge in [-0.2, -0.15) is 0 Å². The first-order chi connectivity index (χ1) is 6.22. The van der Waals surface area contributed by atoms with Crippen molar-refractivity contribution in [3.8, 4) is 5.75 Å². The second-order valence-electron chi connectivity index (χ2n) is 3.68. The Balaban J connectivity index is 2.40. The Labute approximate surface area is 78.7 Å². The number of rotatable bonds is 1. The van der Waals surface area contributed by atoms with Crippen molar-refractivity contribution in [3.05, 3.63) is 28.8 Å². The molecule has 0 fully saturated rings. The molecule has 0 saturated heterocycles. The average molecular weight is 177 g/mol. The predicted octanol–water partition coefficient (Wildman–Crippen LogP) is 1.57. The number of benzene rings is 1. The van der Waals surface area contributed by atoms with Crippen molar-refractivity contribution in [2.45, 2.75) is 26.4 Å². The van der Waals surface area contributed by atoms with E-state index in [1.165, 1.54) is 16.7 Å². The van der Waals surface area contributed by atoms with Gasteiger partial charge in [-0.1, -0.05) is 12.1 Å². The van der Waals surface area contributed by atoms with Crippen molar-refractivity contribution >= 4 is 0 Å². The van der Waals surface area contributed by atoms with E-state index in [0.717, 1.165) is 12.2 Å². The zero-order valence-corrected chi connectivity index (χ0v) is 8.13. The molecule has 0 bridgehead atoms. The number of hydrogen-bond acceptors (Lipinski definition) is 2. The molecule has 1 aliphatic rings. The first-order valence-corrected chi connectivity index (χ1v) is 4.68. The van der Waals surface area contributed by atoms with Gasteiger partial charge in [-0.25, -0.2) is 0 Å². The third-order valence-corrected chi connectivity index (χ3v) is 2.75. The fraction of sp³-hybridized carbons (Fsp3) is 0.455. The molecular weight excluding hydrogens is 162 g/mol. The lowest BCUT2D eigenvalue weighted by Crippen LogP contribution is -2.24. The maximum atomic E-state index is 5.74. The van der Waals surface area contributed by atoms with E-state index in [1.54, 1.807) is 0 Å².